The molecular formula is C40H40ClN3O5S. The summed E-state index contributed by atoms with van der Waals surface area (Å²) in [5, 5.41) is 3.43. The van der Waals surface area contributed by atoms with Gasteiger partial charge >= 0.3 is 0 Å². The molecule has 5 aromatic rings. The molecule has 0 aromatic heterocycles. The van der Waals surface area contributed by atoms with E-state index in [1.54, 1.807) is 54.6 Å². The molecule has 2 amide bonds. The zero-order valence-corrected chi connectivity index (χ0v) is 29.6. The monoisotopic (exact) mass is 709 g/mol. The van der Waals surface area contributed by atoms with Gasteiger partial charge < -0.3 is 15.0 Å². The number of para-hydroxylation sites is 1. The first-order valence-electron chi connectivity index (χ1n) is 16.4. The molecule has 0 saturated heterocycles. The maximum absolute atomic E-state index is 14.6. The van der Waals surface area contributed by atoms with Crippen LogP contribution in [-0.4, -0.2) is 44.3 Å². The Hall–Kier alpha value is -5.12. The van der Waals surface area contributed by atoms with Crippen LogP contribution in [0.1, 0.15) is 30.0 Å². The van der Waals surface area contributed by atoms with E-state index in [4.69, 9.17) is 16.3 Å². The van der Waals surface area contributed by atoms with E-state index in [0.29, 0.717) is 35.1 Å². The number of carbonyl (C=O) groups is 2. The second kappa shape index (κ2) is 17.0. The molecule has 10 heteroatoms. The van der Waals surface area contributed by atoms with Crippen LogP contribution in [0.3, 0.4) is 0 Å². The minimum Gasteiger partial charge on any atom is -0.457 e. The summed E-state index contributed by atoms with van der Waals surface area (Å²) in [7, 11) is -4.25. The number of hydrogen-bond acceptors (Lipinski definition) is 5. The average molecular weight is 710 g/mol. The van der Waals surface area contributed by atoms with Crippen molar-refractivity contribution in [2.24, 2.45) is 0 Å². The van der Waals surface area contributed by atoms with Crippen LogP contribution in [0.15, 0.2) is 138 Å². The molecule has 5 aromatic carbocycles. The van der Waals surface area contributed by atoms with Gasteiger partial charge in [0.05, 0.1) is 10.6 Å². The van der Waals surface area contributed by atoms with Crippen molar-refractivity contribution in [1.29, 1.82) is 0 Å². The molecule has 8 nitrogen and oxygen atoms in total. The van der Waals surface area contributed by atoms with Crippen LogP contribution >= 0.6 is 11.6 Å². The number of anilines is 1. The van der Waals surface area contributed by atoms with E-state index < -0.39 is 28.5 Å². The number of sulfonamides is 1. The highest BCUT2D eigenvalue weighted by Crippen LogP contribution is 2.29. The molecule has 0 aliphatic carbocycles. The second-order valence-corrected chi connectivity index (χ2v) is 14.2. The highest BCUT2D eigenvalue weighted by Gasteiger charge is 2.34. The van der Waals surface area contributed by atoms with Crippen molar-refractivity contribution in [3.63, 3.8) is 0 Å². The molecule has 0 saturated carbocycles. The maximum Gasteiger partial charge on any atom is 0.264 e. The number of hydrogen-bond donors (Lipinski definition) is 1. The number of amides is 2. The Morgan fingerprint density at radius 2 is 1.40 bits per heavy atom. The van der Waals surface area contributed by atoms with Gasteiger partial charge in [-0.2, -0.15) is 0 Å². The van der Waals surface area contributed by atoms with Crippen LogP contribution in [0, 0.1) is 6.92 Å². The summed E-state index contributed by atoms with van der Waals surface area (Å²) in [6.45, 7) is 3.70. The van der Waals surface area contributed by atoms with Gasteiger partial charge in [0.25, 0.3) is 10.0 Å². The number of nitrogens with zero attached hydrogens (tertiary/aromatic N) is 2. The van der Waals surface area contributed by atoms with Gasteiger partial charge in [0.15, 0.2) is 0 Å². The molecule has 0 spiro atoms. The van der Waals surface area contributed by atoms with E-state index in [0.717, 1.165) is 15.4 Å². The first kappa shape index (κ1) is 36.2. The highest BCUT2D eigenvalue weighted by atomic mass is 35.5. The second-order valence-electron chi connectivity index (χ2n) is 11.9. The fourth-order valence-electron chi connectivity index (χ4n) is 5.42. The summed E-state index contributed by atoms with van der Waals surface area (Å²) in [6.07, 6.45) is 0.928. The summed E-state index contributed by atoms with van der Waals surface area (Å²) in [6, 6.07) is 37.8. The maximum atomic E-state index is 14.6. The predicted molar refractivity (Wildman–Crippen MR) is 198 cm³/mol. The number of ether oxygens (including phenoxy) is 1. The zero-order valence-electron chi connectivity index (χ0n) is 28.0. The molecule has 5 rings (SSSR count). The van der Waals surface area contributed by atoms with Crippen molar-refractivity contribution in [3.8, 4) is 11.5 Å². The molecule has 0 bridgehead atoms. The number of aryl methyl sites for hydroxylation is 1. The average Bonchev–Trinajstić information content (AvgIpc) is 3.12. The Kier molecular flexibility index (Phi) is 12.3. The van der Waals surface area contributed by atoms with E-state index in [1.165, 1.54) is 17.0 Å². The minimum absolute atomic E-state index is 0.0265. The summed E-state index contributed by atoms with van der Waals surface area (Å²) < 4.78 is 35.7. The van der Waals surface area contributed by atoms with Crippen molar-refractivity contribution in [3.05, 3.63) is 155 Å². The topological polar surface area (TPSA) is 96.0 Å². The van der Waals surface area contributed by atoms with Crippen LogP contribution < -0.4 is 14.4 Å². The van der Waals surface area contributed by atoms with Gasteiger partial charge in [0.2, 0.25) is 11.8 Å². The van der Waals surface area contributed by atoms with Crippen molar-refractivity contribution in [2.75, 3.05) is 17.4 Å². The van der Waals surface area contributed by atoms with Gasteiger partial charge in [-0.3, -0.25) is 13.9 Å². The van der Waals surface area contributed by atoms with Crippen molar-refractivity contribution < 1.29 is 22.7 Å². The van der Waals surface area contributed by atoms with E-state index in [9.17, 15) is 18.0 Å². The number of halogens is 1. The van der Waals surface area contributed by atoms with Gasteiger partial charge in [0.1, 0.15) is 24.1 Å². The number of nitrogens with one attached hydrogen (secondary N) is 1. The first-order valence-corrected chi connectivity index (χ1v) is 18.2. The van der Waals surface area contributed by atoms with Crippen LogP contribution in [-0.2, 0) is 32.6 Å². The lowest BCUT2D eigenvalue weighted by molar-refractivity contribution is -0.140. The largest absolute Gasteiger partial charge is 0.457 e. The smallest absolute Gasteiger partial charge is 0.264 e. The van der Waals surface area contributed by atoms with Crippen molar-refractivity contribution in [2.45, 2.75) is 44.2 Å². The standard InChI is InChI=1S/C40H40ClN3O5S/c1-3-25-42-40(46)38(27-31-11-6-4-7-12-31)43(28-32-13-10-14-33(41)26-32)39(45)29-44(50(47,48)37-23-17-30(2)18-24-37)34-19-21-36(22-20-34)49-35-15-8-5-9-16-35/h4-24,26,38H,3,25,27-29H2,1-2H3,(H,42,46)/t38-/m0/s1. The highest BCUT2D eigenvalue weighted by molar-refractivity contribution is 7.92. The van der Waals surface area contributed by atoms with Crippen molar-refractivity contribution in [1.82, 2.24) is 10.2 Å². The molecule has 0 radical (unpaired) electrons. The van der Waals surface area contributed by atoms with Crippen LogP contribution in [0.25, 0.3) is 0 Å². The lowest BCUT2D eigenvalue weighted by atomic mass is 10.0. The summed E-state index contributed by atoms with van der Waals surface area (Å²) in [5.74, 6) is 0.235. The molecule has 1 atom stereocenters. The Morgan fingerprint density at radius 3 is 2.04 bits per heavy atom. The number of rotatable bonds is 15. The fraction of sp³-hybridized carbons (Fsp3) is 0.200. The predicted octanol–water partition coefficient (Wildman–Crippen LogP) is 7.80. The molecule has 258 valence electrons. The SMILES string of the molecule is CCCNC(=O)[C@H](Cc1ccccc1)N(Cc1cccc(Cl)c1)C(=O)CN(c1ccc(Oc2ccccc2)cc1)S(=O)(=O)c1ccc(C)cc1. The zero-order chi connectivity index (χ0) is 35.5. The van der Waals surface area contributed by atoms with Gasteiger partial charge in [0, 0.05) is 24.5 Å². The molecule has 50 heavy (non-hydrogen) atoms. The first-order chi connectivity index (χ1) is 24.1. The van der Waals surface area contributed by atoms with E-state index >= 15 is 0 Å². The minimum atomic E-state index is -4.25. The van der Waals surface area contributed by atoms with E-state index in [2.05, 4.69) is 5.32 Å². The van der Waals surface area contributed by atoms with Gasteiger partial charge in [-0.15, -0.1) is 0 Å². The van der Waals surface area contributed by atoms with Gasteiger partial charge in [-0.25, -0.2) is 8.42 Å². The van der Waals surface area contributed by atoms with Gasteiger partial charge in [-0.05, 0) is 85.1 Å². The van der Waals surface area contributed by atoms with E-state index in [-0.39, 0.29) is 29.5 Å². The molecule has 0 heterocycles. The summed E-state index contributed by atoms with van der Waals surface area (Å²) in [5.41, 5.74) is 2.70. The van der Waals surface area contributed by atoms with Crippen LogP contribution in [0.2, 0.25) is 5.02 Å². The van der Waals surface area contributed by atoms with Crippen molar-refractivity contribution >= 4 is 39.1 Å². The molecule has 1 N–H and O–H groups in total. The molecular weight excluding hydrogens is 670 g/mol. The Morgan fingerprint density at radius 1 is 0.780 bits per heavy atom. The Bertz CT molecular complexity index is 1970. The third-order valence-corrected chi connectivity index (χ3v) is 10.1. The lowest BCUT2D eigenvalue weighted by Crippen LogP contribution is -2.53. The third kappa shape index (κ3) is 9.52. The van der Waals surface area contributed by atoms with E-state index in [1.807, 2.05) is 80.6 Å². The molecule has 0 fully saturated rings. The Balaban J connectivity index is 1.55. The number of benzene rings is 5. The molecule has 0 unspecified atom stereocenters. The quantitative estimate of drug-likeness (QED) is 0.120. The van der Waals surface area contributed by atoms with Crippen LogP contribution in [0.4, 0.5) is 5.69 Å². The molecule has 0 aliphatic rings. The Labute approximate surface area is 299 Å². The normalized spacial score (nSPS) is 11.7. The van der Waals surface area contributed by atoms with Gasteiger partial charge in [-0.1, -0.05) is 96.9 Å². The summed E-state index contributed by atoms with van der Waals surface area (Å²) >= 11 is 6.33. The lowest BCUT2D eigenvalue weighted by Gasteiger charge is -2.34. The molecule has 0 aliphatic heterocycles. The summed E-state index contributed by atoms with van der Waals surface area (Å²) in [4.78, 5) is 30.0. The third-order valence-electron chi connectivity index (χ3n) is 8.05. The van der Waals surface area contributed by atoms with Crippen LogP contribution in [0.5, 0.6) is 11.5 Å². The fourth-order valence-corrected chi connectivity index (χ4v) is 7.05. The number of carbonyl (C=O) groups excluding carboxylic acids is 2.